The quantitative estimate of drug-likeness (QED) is 0.631. The lowest BCUT2D eigenvalue weighted by Crippen LogP contribution is -2.43. The Hall–Kier alpha value is -1.69. The molecule has 3 heterocycles. The van der Waals surface area contributed by atoms with Crippen molar-refractivity contribution in [3.05, 3.63) is 57.3 Å². The lowest BCUT2D eigenvalue weighted by molar-refractivity contribution is 0.0447. The Morgan fingerprint density at radius 2 is 1.90 bits per heavy atom. The van der Waals surface area contributed by atoms with Crippen LogP contribution in [0.2, 0.25) is 0 Å². The molecule has 5 heteroatoms. The van der Waals surface area contributed by atoms with Gasteiger partial charge in [-0.15, -0.1) is 11.3 Å². The molecule has 1 aromatic carbocycles. The Kier molecular flexibility index (Phi) is 7.24. The second-order valence-corrected chi connectivity index (χ2v) is 9.84. The van der Waals surface area contributed by atoms with Gasteiger partial charge in [0.25, 0.3) is 5.91 Å². The summed E-state index contributed by atoms with van der Waals surface area (Å²) in [6.45, 7) is 9.92. The molecule has 0 unspecified atom stereocenters. The number of ether oxygens (including phenoxy) is 1. The molecule has 0 bridgehead atoms. The Bertz CT molecular complexity index is 835. The number of amides is 1. The highest BCUT2D eigenvalue weighted by Crippen LogP contribution is 2.25. The van der Waals surface area contributed by atoms with Gasteiger partial charge in [0.05, 0.1) is 11.0 Å². The van der Waals surface area contributed by atoms with Crippen LogP contribution in [0.15, 0.2) is 35.7 Å². The Morgan fingerprint density at radius 3 is 2.57 bits per heavy atom. The third kappa shape index (κ3) is 5.32. The van der Waals surface area contributed by atoms with E-state index in [4.69, 9.17) is 4.74 Å². The maximum Gasteiger partial charge on any atom is 0.264 e. The third-order valence-corrected chi connectivity index (χ3v) is 7.64. The Balaban J connectivity index is 1.35. The van der Waals surface area contributed by atoms with Gasteiger partial charge in [-0.2, -0.15) is 0 Å². The minimum absolute atomic E-state index is 0.195. The zero-order valence-corrected chi connectivity index (χ0v) is 19.1. The summed E-state index contributed by atoms with van der Waals surface area (Å²) in [4.78, 5) is 18.9. The fraction of sp³-hybridized carbons (Fsp3) is 0.560. The second-order valence-electron chi connectivity index (χ2n) is 8.92. The van der Waals surface area contributed by atoms with Crippen LogP contribution in [0.1, 0.15) is 52.0 Å². The van der Waals surface area contributed by atoms with Crippen LogP contribution >= 0.6 is 11.3 Å². The van der Waals surface area contributed by atoms with E-state index in [0.29, 0.717) is 5.92 Å². The average molecular weight is 427 g/mol. The number of aryl methyl sites for hydroxylation is 2. The molecule has 4 rings (SSSR count). The van der Waals surface area contributed by atoms with Gasteiger partial charge in [-0.3, -0.25) is 9.69 Å². The second kappa shape index (κ2) is 10.1. The minimum atomic E-state index is 0.195. The summed E-state index contributed by atoms with van der Waals surface area (Å²) < 4.78 is 5.87. The van der Waals surface area contributed by atoms with Gasteiger partial charge in [0.15, 0.2) is 0 Å². The van der Waals surface area contributed by atoms with Gasteiger partial charge in [0.2, 0.25) is 0 Å². The number of carbonyl (C=O) groups is 1. The summed E-state index contributed by atoms with van der Waals surface area (Å²) in [5, 5.41) is 2.02. The molecule has 1 atom stereocenters. The standard InChI is InChI=1S/C25H34N2O2S/c1-19-6-3-4-7-22(19)17-26-12-9-21(10-13-26)16-27(18-23-8-5-14-29-23)25(28)24-20(2)11-15-30-24/h3-4,6-7,11,15,21,23H,5,8-10,12-14,16-18H2,1-2H3/t23-/m1/s1. The predicted octanol–water partition coefficient (Wildman–Crippen LogP) is 4.90. The first-order valence-corrected chi connectivity index (χ1v) is 12.2. The zero-order valence-electron chi connectivity index (χ0n) is 18.3. The average Bonchev–Trinajstić information content (AvgIpc) is 3.42. The molecule has 1 amide bonds. The highest BCUT2D eigenvalue weighted by atomic mass is 32.1. The predicted molar refractivity (Wildman–Crippen MR) is 123 cm³/mol. The van der Waals surface area contributed by atoms with Crippen molar-refractivity contribution in [1.82, 2.24) is 9.80 Å². The van der Waals surface area contributed by atoms with Crippen LogP contribution in [0.3, 0.4) is 0 Å². The van der Waals surface area contributed by atoms with E-state index in [1.165, 1.54) is 11.1 Å². The van der Waals surface area contributed by atoms with Crippen LogP contribution in [0.25, 0.3) is 0 Å². The van der Waals surface area contributed by atoms with Crippen LogP contribution in [0.5, 0.6) is 0 Å². The van der Waals surface area contributed by atoms with Crippen molar-refractivity contribution in [2.75, 3.05) is 32.8 Å². The molecule has 0 radical (unpaired) electrons. The van der Waals surface area contributed by atoms with Gasteiger partial charge in [0, 0.05) is 26.2 Å². The first-order chi connectivity index (χ1) is 14.6. The van der Waals surface area contributed by atoms with Crippen molar-refractivity contribution < 1.29 is 9.53 Å². The smallest absolute Gasteiger partial charge is 0.264 e. The molecule has 2 aromatic rings. The van der Waals surface area contributed by atoms with Crippen LogP contribution < -0.4 is 0 Å². The maximum atomic E-state index is 13.3. The van der Waals surface area contributed by atoms with Crippen molar-refractivity contribution in [3.8, 4) is 0 Å². The first-order valence-electron chi connectivity index (χ1n) is 11.3. The zero-order chi connectivity index (χ0) is 20.9. The minimum Gasteiger partial charge on any atom is -0.376 e. The molecule has 0 spiro atoms. The summed E-state index contributed by atoms with van der Waals surface area (Å²) >= 11 is 1.57. The molecule has 1 aromatic heterocycles. The first kappa shape index (κ1) is 21.5. The monoisotopic (exact) mass is 426 g/mol. The maximum absolute atomic E-state index is 13.3. The van der Waals surface area contributed by atoms with Crippen LogP contribution in [0, 0.1) is 19.8 Å². The van der Waals surface area contributed by atoms with Crippen molar-refractivity contribution >= 4 is 17.2 Å². The molecule has 4 nitrogen and oxygen atoms in total. The van der Waals surface area contributed by atoms with Crippen molar-refractivity contribution in [3.63, 3.8) is 0 Å². The molecule has 2 saturated heterocycles. The summed E-state index contributed by atoms with van der Waals surface area (Å²) in [6.07, 6.45) is 4.70. The molecule has 0 saturated carbocycles. The van der Waals surface area contributed by atoms with E-state index in [9.17, 15) is 4.79 Å². The largest absolute Gasteiger partial charge is 0.376 e. The van der Waals surface area contributed by atoms with E-state index in [1.807, 2.05) is 18.4 Å². The van der Waals surface area contributed by atoms with Gasteiger partial charge >= 0.3 is 0 Å². The normalized spacial score (nSPS) is 20.5. The number of carbonyl (C=O) groups excluding carboxylic acids is 1. The van der Waals surface area contributed by atoms with E-state index >= 15 is 0 Å². The summed E-state index contributed by atoms with van der Waals surface area (Å²) in [5.74, 6) is 0.768. The van der Waals surface area contributed by atoms with E-state index in [2.05, 4.69) is 41.0 Å². The number of thiophene rings is 1. The van der Waals surface area contributed by atoms with Crippen LogP contribution in [-0.4, -0.2) is 54.6 Å². The molecular formula is C25H34N2O2S. The summed E-state index contributed by atoms with van der Waals surface area (Å²) in [7, 11) is 0. The number of rotatable bonds is 7. The van der Waals surface area contributed by atoms with Crippen LogP contribution in [0.4, 0.5) is 0 Å². The number of likely N-dealkylation sites (tertiary alicyclic amines) is 1. The summed E-state index contributed by atoms with van der Waals surface area (Å²) in [6, 6.07) is 10.7. The summed E-state index contributed by atoms with van der Waals surface area (Å²) in [5.41, 5.74) is 3.90. The number of benzene rings is 1. The topological polar surface area (TPSA) is 32.8 Å². The molecular weight excluding hydrogens is 392 g/mol. The molecule has 2 aliphatic rings. The molecule has 0 aliphatic carbocycles. The van der Waals surface area contributed by atoms with E-state index < -0.39 is 0 Å². The number of nitrogens with zero attached hydrogens (tertiary/aromatic N) is 2. The van der Waals surface area contributed by atoms with Gasteiger partial charge in [-0.25, -0.2) is 0 Å². The van der Waals surface area contributed by atoms with Crippen molar-refractivity contribution in [2.24, 2.45) is 5.92 Å². The van der Waals surface area contributed by atoms with Crippen LogP contribution in [-0.2, 0) is 11.3 Å². The van der Waals surface area contributed by atoms with Crippen molar-refractivity contribution in [1.29, 1.82) is 0 Å². The lowest BCUT2D eigenvalue weighted by Gasteiger charge is -2.35. The molecule has 162 valence electrons. The SMILES string of the molecule is Cc1ccccc1CN1CCC(CN(C[C@H]2CCCO2)C(=O)c2sccc2C)CC1. The highest BCUT2D eigenvalue weighted by Gasteiger charge is 2.28. The lowest BCUT2D eigenvalue weighted by atomic mass is 9.95. The van der Waals surface area contributed by atoms with Gasteiger partial charge in [0.1, 0.15) is 0 Å². The fourth-order valence-electron chi connectivity index (χ4n) is 4.68. The van der Waals surface area contributed by atoms with E-state index in [0.717, 1.165) is 75.5 Å². The van der Waals surface area contributed by atoms with Gasteiger partial charge < -0.3 is 9.64 Å². The number of hydrogen-bond donors (Lipinski definition) is 0. The van der Waals surface area contributed by atoms with Crippen molar-refractivity contribution in [2.45, 2.75) is 52.2 Å². The van der Waals surface area contributed by atoms with E-state index in [1.54, 1.807) is 11.3 Å². The Labute approximate surface area is 184 Å². The molecule has 2 aliphatic heterocycles. The number of piperidine rings is 1. The van der Waals surface area contributed by atoms with E-state index in [-0.39, 0.29) is 12.0 Å². The third-order valence-electron chi connectivity index (χ3n) is 6.63. The molecule has 30 heavy (non-hydrogen) atoms. The van der Waals surface area contributed by atoms with Gasteiger partial charge in [-0.1, -0.05) is 24.3 Å². The molecule has 2 fully saturated rings. The molecule has 0 N–H and O–H groups in total. The number of hydrogen-bond acceptors (Lipinski definition) is 4. The van der Waals surface area contributed by atoms with Gasteiger partial charge in [-0.05, 0) is 86.7 Å². The fourth-order valence-corrected chi connectivity index (χ4v) is 5.57. The Morgan fingerprint density at radius 1 is 1.10 bits per heavy atom. The highest BCUT2D eigenvalue weighted by molar-refractivity contribution is 7.12.